The minimum absolute atomic E-state index is 0.0195. The van der Waals surface area contributed by atoms with E-state index in [1.807, 2.05) is 13.8 Å². The van der Waals surface area contributed by atoms with Gasteiger partial charge in [-0.1, -0.05) is 20.8 Å². The van der Waals surface area contributed by atoms with Crippen molar-refractivity contribution in [1.82, 2.24) is 0 Å². The fourth-order valence-electron chi connectivity index (χ4n) is 5.42. The van der Waals surface area contributed by atoms with E-state index < -0.39 is 23.2 Å². The minimum Gasteiger partial charge on any atom is -0.476 e. The van der Waals surface area contributed by atoms with Crippen molar-refractivity contribution in [3.05, 3.63) is 5.76 Å². The second kappa shape index (κ2) is 6.08. The van der Waals surface area contributed by atoms with Crippen LogP contribution in [0.15, 0.2) is 5.76 Å². The van der Waals surface area contributed by atoms with Crippen molar-refractivity contribution in [2.45, 2.75) is 70.9 Å². The number of carbonyl (C=O) groups is 2. The van der Waals surface area contributed by atoms with Gasteiger partial charge in [0.25, 0.3) is 0 Å². The summed E-state index contributed by atoms with van der Waals surface area (Å²) in [6, 6.07) is 0. The second-order valence-electron chi connectivity index (χ2n) is 8.88. The Bertz CT molecular complexity index is 724. The molecule has 5 rings (SSSR count). The van der Waals surface area contributed by atoms with Crippen molar-refractivity contribution in [3.8, 4) is 0 Å². The van der Waals surface area contributed by atoms with Gasteiger partial charge in [0.05, 0.1) is 23.4 Å². The lowest BCUT2D eigenvalue weighted by molar-refractivity contribution is -0.357. The number of ether oxygens (including phenoxy) is 4. The van der Waals surface area contributed by atoms with Gasteiger partial charge >= 0.3 is 11.9 Å². The average Bonchev–Trinajstić information content (AvgIpc) is 3.22. The van der Waals surface area contributed by atoms with Crippen LogP contribution in [0, 0.1) is 23.2 Å². The SMILES string of the molecule is CCC(C)(CC(C)C)C(=O)OCC(=C=O)OC1C2OC(=O)C3CC4OC32C41. The van der Waals surface area contributed by atoms with Crippen LogP contribution in [0.4, 0.5) is 0 Å². The smallest absolute Gasteiger partial charge is 0.312 e. The molecule has 0 aromatic rings. The summed E-state index contributed by atoms with van der Waals surface area (Å²) in [6.07, 6.45) is 1.07. The molecule has 2 bridgehead atoms. The third-order valence-electron chi connectivity index (χ3n) is 6.77. The number of esters is 2. The van der Waals surface area contributed by atoms with Crippen LogP contribution >= 0.6 is 0 Å². The molecular weight excluding hydrogens is 352 g/mol. The van der Waals surface area contributed by atoms with Crippen LogP contribution in [-0.4, -0.2) is 48.4 Å². The summed E-state index contributed by atoms with van der Waals surface area (Å²) in [5.74, 6) is 1.26. The molecule has 2 saturated carbocycles. The molecule has 3 heterocycles. The van der Waals surface area contributed by atoms with Crippen molar-refractivity contribution in [3.63, 3.8) is 0 Å². The van der Waals surface area contributed by atoms with Crippen LogP contribution in [0.25, 0.3) is 0 Å². The Morgan fingerprint density at radius 3 is 2.81 bits per heavy atom. The van der Waals surface area contributed by atoms with E-state index in [-0.39, 0.29) is 42.2 Å². The quantitative estimate of drug-likeness (QED) is 0.361. The zero-order chi connectivity index (χ0) is 19.6. The summed E-state index contributed by atoms with van der Waals surface area (Å²) in [7, 11) is 0. The Morgan fingerprint density at radius 2 is 2.19 bits per heavy atom. The Balaban J connectivity index is 1.36. The van der Waals surface area contributed by atoms with Crippen molar-refractivity contribution in [2.75, 3.05) is 6.61 Å². The third kappa shape index (κ3) is 2.41. The van der Waals surface area contributed by atoms with Crippen molar-refractivity contribution < 1.29 is 33.3 Å². The predicted molar refractivity (Wildman–Crippen MR) is 92.0 cm³/mol. The number of rotatable bonds is 8. The van der Waals surface area contributed by atoms with E-state index in [0.717, 1.165) is 0 Å². The highest BCUT2D eigenvalue weighted by atomic mass is 16.7. The molecule has 5 fully saturated rings. The van der Waals surface area contributed by atoms with E-state index in [9.17, 15) is 14.4 Å². The van der Waals surface area contributed by atoms with E-state index in [1.165, 1.54) is 0 Å². The van der Waals surface area contributed by atoms with Gasteiger partial charge in [-0.2, -0.15) is 0 Å². The van der Waals surface area contributed by atoms with E-state index in [0.29, 0.717) is 25.2 Å². The largest absolute Gasteiger partial charge is 0.476 e. The maximum Gasteiger partial charge on any atom is 0.312 e. The number of hydrogen-bond acceptors (Lipinski definition) is 7. The maximum atomic E-state index is 12.5. The van der Waals surface area contributed by atoms with Crippen LogP contribution in [-0.2, 0) is 33.3 Å². The lowest BCUT2D eigenvalue weighted by Crippen LogP contribution is -2.78. The van der Waals surface area contributed by atoms with Gasteiger partial charge in [-0.15, -0.1) is 0 Å². The zero-order valence-corrected chi connectivity index (χ0v) is 16.2. The van der Waals surface area contributed by atoms with Crippen LogP contribution in [0.5, 0.6) is 0 Å². The van der Waals surface area contributed by atoms with Gasteiger partial charge in [0.2, 0.25) is 5.76 Å². The monoisotopic (exact) mass is 378 g/mol. The van der Waals surface area contributed by atoms with Crippen LogP contribution in [0.1, 0.15) is 47.0 Å². The van der Waals surface area contributed by atoms with Gasteiger partial charge in [0, 0.05) is 0 Å². The van der Waals surface area contributed by atoms with Gasteiger partial charge in [0.1, 0.15) is 11.7 Å². The Hall–Kier alpha value is -1.85. The Morgan fingerprint density at radius 1 is 1.44 bits per heavy atom. The second-order valence-corrected chi connectivity index (χ2v) is 8.88. The minimum atomic E-state index is -0.599. The highest BCUT2D eigenvalue weighted by molar-refractivity contribution is 5.80. The average molecular weight is 378 g/mol. The summed E-state index contributed by atoms with van der Waals surface area (Å²) < 4.78 is 22.3. The number of hydrogen-bond donors (Lipinski definition) is 0. The van der Waals surface area contributed by atoms with Crippen molar-refractivity contribution >= 4 is 17.9 Å². The Kier molecular flexibility index (Phi) is 4.17. The molecular formula is C20H26O7. The molecule has 7 nitrogen and oxygen atoms in total. The van der Waals surface area contributed by atoms with Crippen LogP contribution in [0.2, 0.25) is 0 Å². The van der Waals surface area contributed by atoms with Crippen molar-refractivity contribution in [2.24, 2.45) is 23.2 Å². The standard InChI is InChI=1S/C20H26O7/c1-5-19(4,7-10(2)3)18(23)24-9-11(8-21)25-15-14-13-6-12-17(22)26-16(15)20(12,14)27-13/h10,12-16H,5-7,9H2,1-4H3. The first kappa shape index (κ1) is 18.5. The molecule has 0 N–H and O–H groups in total. The molecule has 7 atom stereocenters. The molecule has 0 radical (unpaired) electrons. The molecule has 3 aliphatic heterocycles. The number of carbonyl (C=O) groups excluding carboxylic acids is 3. The van der Waals surface area contributed by atoms with E-state index in [4.69, 9.17) is 18.9 Å². The first-order chi connectivity index (χ1) is 12.8. The maximum absolute atomic E-state index is 12.5. The predicted octanol–water partition coefficient (Wildman–Crippen LogP) is 1.81. The summed E-state index contributed by atoms with van der Waals surface area (Å²) in [6.45, 7) is 7.67. The topological polar surface area (TPSA) is 88.1 Å². The highest BCUT2D eigenvalue weighted by Gasteiger charge is 2.88. The fourth-order valence-corrected chi connectivity index (χ4v) is 5.42. The normalized spacial score (nSPS) is 39.4. The van der Waals surface area contributed by atoms with Crippen molar-refractivity contribution in [1.29, 1.82) is 0 Å². The van der Waals surface area contributed by atoms with Gasteiger partial charge in [0.15, 0.2) is 18.7 Å². The van der Waals surface area contributed by atoms with Crippen LogP contribution in [0.3, 0.4) is 0 Å². The molecule has 148 valence electrons. The summed E-state index contributed by atoms with van der Waals surface area (Å²) in [4.78, 5) is 35.8. The molecule has 27 heavy (non-hydrogen) atoms. The third-order valence-corrected chi connectivity index (χ3v) is 6.77. The molecule has 0 aromatic heterocycles. The lowest BCUT2D eigenvalue weighted by Gasteiger charge is -2.61. The first-order valence-electron chi connectivity index (χ1n) is 9.73. The molecule has 7 unspecified atom stereocenters. The summed E-state index contributed by atoms with van der Waals surface area (Å²) in [5.41, 5.74) is -1.15. The lowest BCUT2D eigenvalue weighted by atomic mass is 9.60. The van der Waals surface area contributed by atoms with Gasteiger partial charge < -0.3 is 18.9 Å². The van der Waals surface area contributed by atoms with Gasteiger partial charge in [-0.05, 0) is 32.1 Å². The first-order valence-corrected chi connectivity index (χ1v) is 9.73. The summed E-state index contributed by atoms with van der Waals surface area (Å²) in [5, 5.41) is 0. The van der Waals surface area contributed by atoms with Crippen LogP contribution < -0.4 is 0 Å². The molecule has 3 saturated heterocycles. The Labute approximate surface area is 158 Å². The zero-order valence-electron chi connectivity index (χ0n) is 16.2. The fraction of sp³-hybridized carbons (Fsp3) is 0.800. The van der Waals surface area contributed by atoms with Gasteiger partial charge in [-0.3, -0.25) is 9.59 Å². The summed E-state index contributed by atoms with van der Waals surface area (Å²) >= 11 is 0. The molecule has 7 heteroatoms. The van der Waals surface area contributed by atoms with E-state index in [1.54, 1.807) is 5.94 Å². The van der Waals surface area contributed by atoms with E-state index >= 15 is 0 Å². The van der Waals surface area contributed by atoms with Gasteiger partial charge in [-0.25, -0.2) is 4.79 Å². The molecule has 0 amide bonds. The van der Waals surface area contributed by atoms with E-state index in [2.05, 4.69) is 13.8 Å². The molecule has 0 aromatic carbocycles. The molecule has 2 aliphatic carbocycles. The molecule has 5 aliphatic rings. The molecule has 1 spiro atoms. The highest BCUT2D eigenvalue weighted by Crippen LogP contribution is 2.71.